The number of para-hydroxylation sites is 1. The summed E-state index contributed by atoms with van der Waals surface area (Å²) in [5.41, 5.74) is -0.207. The summed E-state index contributed by atoms with van der Waals surface area (Å²) in [5, 5.41) is 8.63. The first kappa shape index (κ1) is 13.3. The molecule has 2 rings (SSSR count). The van der Waals surface area contributed by atoms with Gasteiger partial charge in [-0.15, -0.1) is 0 Å². The van der Waals surface area contributed by atoms with Crippen LogP contribution in [0.25, 0.3) is 0 Å². The average molecular weight is 285 g/mol. The van der Waals surface area contributed by atoms with Crippen molar-refractivity contribution in [2.45, 2.75) is 0 Å². The van der Waals surface area contributed by atoms with Crippen LogP contribution in [-0.2, 0) is 0 Å². The van der Waals surface area contributed by atoms with Crippen LogP contribution in [0.3, 0.4) is 0 Å². The molecular weight excluding hydrogens is 278 g/mol. The Morgan fingerprint density at radius 1 is 1.16 bits per heavy atom. The van der Waals surface area contributed by atoms with Crippen molar-refractivity contribution in [3.05, 3.63) is 58.6 Å². The van der Waals surface area contributed by atoms with E-state index in [0.717, 1.165) is 12.1 Å². The molecule has 0 saturated heterocycles. The van der Waals surface area contributed by atoms with Gasteiger partial charge < -0.3 is 9.84 Å². The van der Waals surface area contributed by atoms with Crippen molar-refractivity contribution in [2.24, 2.45) is 0 Å². The monoisotopic (exact) mass is 284 g/mol. The molecule has 0 aliphatic heterocycles. The van der Waals surface area contributed by atoms with E-state index in [9.17, 15) is 13.6 Å². The van der Waals surface area contributed by atoms with E-state index in [1.807, 2.05) is 0 Å². The Kier molecular flexibility index (Phi) is 3.66. The number of aromatic carboxylic acids is 1. The summed E-state index contributed by atoms with van der Waals surface area (Å²) < 4.78 is 32.1. The highest BCUT2D eigenvalue weighted by Gasteiger charge is 2.18. The zero-order valence-electron chi connectivity index (χ0n) is 9.36. The smallest absolute Gasteiger partial charge is 0.339 e. The van der Waals surface area contributed by atoms with Gasteiger partial charge in [-0.25, -0.2) is 13.6 Å². The van der Waals surface area contributed by atoms with Gasteiger partial charge in [-0.05, 0) is 24.3 Å². The van der Waals surface area contributed by atoms with Crippen LogP contribution < -0.4 is 4.74 Å². The van der Waals surface area contributed by atoms with Gasteiger partial charge in [0, 0.05) is 0 Å². The fourth-order valence-electron chi connectivity index (χ4n) is 1.44. The van der Waals surface area contributed by atoms with Gasteiger partial charge in [0.05, 0.1) is 5.02 Å². The predicted octanol–water partition coefficient (Wildman–Crippen LogP) is 4.11. The van der Waals surface area contributed by atoms with E-state index in [-0.39, 0.29) is 16.3 Å². The maximum Gasteiger partial charge on any atom is 0.339 e. The molecular formula is C13H7ClF2O3. The second kappa shape index (κ2) is 5.24. The minimum atomic E-state index is -1.27. The molecule has 2 aromatic carbocycles. The van der Waals surface area contributed by atoms with Gasteiger partial charge in [-0.3, -0.25) is 0 Å². The van der Waals surface area contributed by atoms with Crippen molar-refractivity contribution in [3.8, 4) is 11.5 Å². The van der Waals surface area contributed by atoms with E-state index < -0.39 is 23.4 Å². The van der Waals surface area contributed by atoms with Gasteiger partial charge in [0.25, 0.3) is 0 Å². The lowest BCUT2D eigenvalue weighted by atomic mass is 10.2. The highest BCUT2D eigenvalue weighted by Crippen LogP contribution is 2.33. The lowest BCUT2D eigenvalue weighted by molar-refractivity contribution is 0.0694. The Morgan fingerprint density at radius 2 is 1.84 bits per heavy atom. The Morgan fingerprint density at radius 3 is 2.53 bits per heavy atom. The maximum absolute atomic E-state index is 13.6. The van der Waals surface area contributed by atoms with Crippen molar-refractivity contribution in [2.75, 3.05) is 0 Å². The molecule has 0 bridgehead atoms. The highest BCUT2D eigenvalue weighted by molar-refractivity contribution is 6.30. The van der Waals surface area contributed by atoms with E-state index in [1.54, 1.807) is 0 Å². The Hall–Kier alpha value is -2.14. The normalized spacial score (nSPS) is 10.3. The Bertz CT molecular complexity index is 644. The van der Waals surface area contributed by atoms with Crippen LogP contribution in [0.2, 0.25) is 5.02 Å². The molecule has 3 nitrogen and oxygen atoms in total. The van der Waals surface area contributed by atoms with Crippen LogP contribution in [0.1, 0.15) is 10.4 Å². The van der Waals surface area contributed by atoms with Crippen LogP contribution in [-0.4, -0.2) is 11.1 Å². The van der Waals surface area contributed by atoms with E-state index in [2.05, 4.69) is 0 Å². The number of ether oxygens (including phenoxy) is 1. The van der Waals surface area contributed by atoms with Crippen LogP contribution in [0.4, 0.5) is 8.78 Å². The van der Waals surface area contributed by atoms with Crippen LogP contribution >= 0.6 is 11.6 Å². The average Bonchev–Trinajstić information content (AvgIpc) is 2.39. The summed E-state index contributed by atoms with van der Waals surface area (Å²) in [6, 6.07) is 7.50. The number of carboxylic acids is 1. The van der Waals surface area contributed by atoms with E-state index in [0.29, 0.717) is 0 Å². The number of carbonyl (C=O) groups is 1. The van der Waals surface area contributed by atoms with Crippen molar-refractivity contribution in [1.29, 1.82) is 0 Å². The fraction of sp³-hybridized carbons (Fsp3) is 0. The fourth-order valence-corrected chi connectivity index (χ4v) is 1.59. The van der Waals surface area contributed by atoms with Crippen molar-refractivity contribution in [3.63, 3.8) is 0 Å². The second-order valence-corrected chi connectivity index (χ2v) is 3.98. The first-order valence-electron chi connectivity index (χ1n) is 5.14. The summed E-state index contributed by atoms with van der Waals surface area (Å²) >= 11 is 5.52. The number of hydrogen-bond acceptors (Lipinski definition) is 2. The number of rotatable bonds is 3. The molecule has 0 aromatic heterocycles. The lowest BCUT2D eigenvalue weighted by Crippen LogP contribution is -2.01. The molecule has 0 aliphatic carbocycles. The Labute approximate surface area is 112 Å². The van der Waals surface area contributed by atoms with Crippen LogP contribution in [0, 0.1) is 11.6 Å². The molecule has 1 N–H and O–H groups in total. The third-order valence-electron chi connectivity index (χ3n) is 2.33. The SMILES string of the molecule is O=C(O)c1ccccc1Oc1c(F)ccc(Cl)c1F. The van der Waals surface area contributed by atoms with Gasteiger partial charge in [-0.2, -0.15) is 0 Å². The molecule has 2 aromatic rings. The second-order valence-electron chi connectivity index (χ2n) is 3.58. The van der Waals surface area contributed by atoms with Gasteiger partial charge in [0.2, 0.25) is 0 Å². The van der Waals surface area contributed by atoms with Gasteiger partial charge >= 0.3 is 5.97 Å². The lowest BCUT2D eigenvalue weighted by Gasteiger charge is -2.10. The zero-order valence-corrected chi connectivity index (χ0v) is 10.1. The molecule has 0 amide bonds. The molecule has 19 heavy (non-hydrogen) atoms. The number of hydrogen-bond donors (Lipinski definition) is 1. The Balaban J connectivity index is 2.48. The molecule has 0 spiro atoms. The molecule has 6 heteroatoms. The largest absolute Gasteiger partial charge is 0.478 e. The van der Waals surface area contributed by atoms with E-state index >= 15 is 0 Å². The summed E-state index contributed by atoms with van der Waals surface area (Å²) in [4.78, 5) is 11.0. The van der Waals surface area contributed by atoms with Crippen LogP contribution in [0.5, 0.6) is 11.5 Å². The third-order valence-corrected chi connectivity index (χ3v) is 2.62. The van der Waals surface area contributed by atoms with E-state index in [1.165, 1.54) is 24.3 Å². The van der Waals surface area contributed by atoms with Crippen molar-refractivity contribution >= 4 is 17.6 Å². The predicted molar refractivity (Wildman–Crippen MR) is 64.8 cm³/mol. The molecule has 0 radical (unpaired) electrons. The van der Waals surface area contributed by atoms with Gasteiger partial charge in [0.1, 0.15) is 11.3 Å². The quantitative estimate of drug-likeness (QED) is 0.863. The first-order chi connectivity index (χ1) is 9.00. The molecule has 0 fully saturated rings. The molecule has 0 saturated carbocycles. The molecule has 0 atom stereocenters. The minimum Gasteiger partial charge on any atom is -0.478 e. The maximum atomic E-state index is 13.6. The standard InChI is InChI=1S/C13H7ClF2O3/c14-8-5-6-9(15)12(11(8)16)19-10-4-2-1-3-7(10)13(17)18/h1-6H,(H,17,18). The zero-order chi connectivity index (χ0) is 14.0. The number of carboxylic acid groups (broad SMARTS) is 1. The highest BCUT2D eigenvalue weighted by atomic mass is 35.5. The topological polar surface area (TPSA) is 46.5 Å². The van der Waals surface area contributed by atoms with Gasteiger partial charge in [0.15, 0.2) is 17.4 Å². The number of halogens is 3. The summed E-state index contributed by atoms with van der Waals surface area (Å²) in [5.74, 6) is -4.22. The van der Waals surface area contributed by atoms with E-state index in [4.69, 9.17) is 21.4 Å². The first-order valence-corrected chi connectivity index (χ1v) is 5.52. The van der Waals surface area contributed by atoms with Gasteiger partial charge in [-0.1, -0.05) is 23.7 Å². The van der Waals surface area contributed by atoms with Crippen LogP contribution in [0.15, 0.2) is 36.4 Å². The number of benzene rings is 2. The van der Waals surface area contributed by atoms with Crippen molar-refractivity contribution < 1.29 is 23.4 Å². The third kappa shape index (κ3) is 2.66. The molecule has 0 unspecified atom stereocenters. The molecule has 98 valence electrons. The summed E-state index contributed by atoms with van der Waals surface area (Å²) in [7, 11) is 0. The van der Waals surface area contributed by atoms with Crippen molar-refractivity contribution in [1.82, 2.24) is 0 Å². The minimum absolute atomic E-state index is 0.171. The summed E-state index contributed by atoms with van der Waals surface area (Å²) in [6.45, 7) is 0. The molecule has 0 aliphatic rings. The molecule has 0 heterocycles. The summed E-state index contributed by atoms with van der Waals surface area (Å²) in [6.07, 6.45) is 0.